The van der Waals surface area contributed by atoms with Crippen molar-refractivity contribution in [3.05, 3.63) is 71.3 Å². The smallest absolute Gasteiger partial charge is 0.159 e. The molecule has 0 aliphatic carbocycles. The van der Waals surface area contributed by atoms with Gasteiger partial charge in [0.15, 0.2) is 11.6 Å². The topological polar surface area (TPSA) is 12.0 Å². The number of hydrogen-bond donors (Lipinski definition) is 1. The summed E-state index contributed by atoms with van der Waals surface area (Å²) in [6.07, 6.45) is 0. The highest BCUT2D eigenvalue weighted by molar-refractivity contribution is 5.25. The highest BCUT2D eigenvalue weighted by Crippen LogP contribution is 2.23. The fourth-order valence-electron chi connectivity index (χ4n) is 2.30. The largest absolute Gasteiger partial charge is 0.309 e. The lowest BCUT2D eigenvalue weighted by atomic mass is 9.84. The monoisotopic (exact) mass is 289 g/mol. The second-order valence-corrected chi connectivity index (χ2v) is 6.03. The van der Waals surface area contributed by atoms with E-state index in [4.69, 9.17) is 0 Å². The van der Waals surface area contributed by atoms with Crippen LogP contribution in [0.4, 0.5) is 8.78 Å². The molecule has 2 aromatic carbocycles. The summed E-state index contributed by atoms with van der Waals surface area (Å²) in [6, 6.07) is 14.2. The van der Waals surface area contributed by atoms with Crippen LogP contribution in [-0.4, -0.2) is 6.54 Å². The number of halogens is 2. The lowest BCUT2D eigenvalue weighted by Gasteiger charge is -2.28. The van der Waals surface area contributed by atoms with Gasteiger partial charge in [-0.3, -0.25) is 0 Å². The Bertz CT molecular complexity index is 593. The molecule has 0 spiro atoms. The van der Waals surface area contributed by atoms with Crippen molar-refractivity contribution in [2.24, 2.45) is 0 Å². The molecule has 0 saturated carbocycles. The summed E-state index contributed by atoms with van der Waals surface area (Å²) in [5.74, 6) is -1.61. The Labute approximate surface area is 125 Å². The predicted molar refractivity (Wildman–Crippen MR) is 82.2 cm³/mol. The molecule has 2 rings (SSSR count). The van der Waals surface area contributed by atoms with E-state index < -0.39 is 11.6 Å². The first kappa shape index (κ1) is 15.6. The van der Waals surface area contributed by atoms with Gasteiger partial charge in [-0.1, -0.05) is 50.2 Å². The van der Waals surface area contributed by atoms with Gasteiger partial charge in [-0.15, -0.1) is 0 Å². The molecule has 1 unspecified atom stereocenters. The summed E-state index contributed by atoms with van der Waals surface area (Å²) in [4.78, 5) is 0. The summed E-state index contributed by atoms with van der Waals surface area (Å²) in [5.41, 5.74) is 1.96. The number of benzene rings is 2. The molecule has 21 heavy (non-hydrogen) atoms. The zero-order chi connectivity index (χ0) is 15.5. The SMILES string of the molecule is CC(NCC(C)(C)c1ccccc1)c1ccc(F)c(F)c1. The van der Waals surface area contributed by atoms with Crippen LogP contribution in [0.25, 0.3) is 0 Å². The van der Waals surface area contributed by atoms with Crippen LogP contribution in [0.15, 0.2) is 48.5 Å². The second kappa shape index (κ2) is 6.35. The molecule has 0 saturated heterocycles. The van der Waals surface area contributed by atoms with Crippen LogP contribution in [0.1, 0.15) is 37.9 Å². The molecule has 0 aliphatic heterocycles. The van der Waals surface area contributed by atoms with Crippen molar-refractivity contribution in [1.29, 1.82) is 0 Å². The Morgan fingerprint density at radius 2 is 1.67 bits per heavy atom. The Morgan fingerprint density at radius 1 is 1.00 bits per heavy atom. The molecule has 0 amide bonds. The van der Waals surface area contributed by atoms with Gasteiger partial charge in [-0.2, -0.15) is 0 Å². The van der Waals surface area contributed by atoms with E-state index in [2.05, 4.69) is 31.3 Å². The van der Waals surface area contributed by atoms with Gasteiger partial charge < -0.3 is 5.32 Å². The van der Waals surface area contributed by atoms with Crippen molar-refractivity contribution in [3.63, 3.8) is 0 Å². The fraction of sp³-hybridized carbons (Fsp3) is 0.333. The number of nitrogens with one attached hydrogen (secondary N) is 1. The minimum atomic E-state index is -0.810. The molecule has 112 valence electrons. The van der Waals surface area contributed by atoms with Gasteiger partial charge in [-0.25, -0.2) is 8.78 Å². The molecule has 2 aromatic rings. The molecule has 0 aromatic heterocycles. The molecular formula is C18H21F2N. The third-order valence-electron chi connectivity index (χ3n) is 3.85. The van der Waals surface area contributed by atoms with E-state index in [0.29, 0.717) is 0 Å². The van der Waals surface area contributed by atoms with Gasteiger partial charge in [-0.05, 0) is 30.2 Å². The lowest BCUT2D eigenvalue weighted by Crippen LogP contribution is -2.34. The van der Waals surface area contributed by atoms with Gasteiger partial charge in [0.25, 0.3) is 0 Å². The summed E-state index contributed by atoms with van der Waals surface area (Å²) < 4.78 is 26.2. The highest BCUT2D eigenvalue weighted by Gasteiger charge is 2.21. The maximum atomic E-state index is 13.3. The van der Waals surface area contributed by atoms with E-state index in [9.17, 15) is 8.78 Å². The fourth-order valence-corrected chi connectivity index (χ4v) is 2.30. The van der Waals surface area contributed by atoms with Crippen molar-refractivity contribution >= 4 is 0 Å². The minimum Gasteiger partial charge on any atom is -0.309 e. The van der Waals surface area contributed by atoms with Crippen molar-refractivity contribution in [2.45, 2.75) is 32.2 Å². The van der Waals surface area contributed by atoms with Crippen LogP contribution in [-0.2, 0) is 5.41 Å². The minimum absolute atomic E-state index is 0.0336. The van der Waals surface area contributed by atoms with Crippen LogP contribution in [0.2, 0.25) is 0 Å². The van der Waals surface area contributed by atoms with E-state index in [1.165, 1.54) is 17.7 Å². The molecule has 1 N–H and O–H groups in total. The summed E-state index contributed by atoms with van der Waals surface area (Å²) >= 11 is 0. The first-order chi connectivity index (χ1) is 9.90. The molecule has 3 heteroatoms. The predicted octanol–water partition coefficient (Wildman–Crippen LogP) is 4.59. The van der Waals surface area contributed by atoms with Crippen molar-refractivity contribution in [2.75, 3.05) is 6.54 Å². The van der Waals surface area contributed by atoms with Gasteiger partial charge in [0.1, 0.15) is 0 Å². The Kier molecular flexibility index (Phi) is 4.73. The molecule has 0 heterocycles. The van der Waals surface area contributed by atoms with E-state index in [1.54, 1.807) is 6.07 Å². The van der Waals surface area contributed by atoms with E-state index >= 15 is 0 Å². The van der Waals surface area contributed by atoms with Crippen LogP contribution in [0.3, 0.4) is 0 Å². The number of hydrogen-bond acceptors (Lipinski definition) is 1. The Balaban J connectivity index is 2.03. The van der Waals surface area contributed by atoms with Gasteiger partial charge in [0.2, 0.25) is 0 Å². The summed E-state index contributed by atoms with van der Waals surface area (Å²) in [5, 5.41) is 3.40. The van der Waals surface area contributed by atoms with E-state index in [1.807, 2.05) is 25.1 Å². The summed E-state index contributed by atoms with van der Waals surface area (Å²) in [7, 11) is 0. The zero-order valence-corrected chi connectivity index (χ0v) is 12.7. The van der Waals surface area contributed by atoms with E-state index in [0.717, 1.165) is 12.1 Å². The van der Waals surface area contributed by atoms with Crippen LogP contribution in [0, 0.1) is 11.6 Å². The number of rotatable bonds is 5. The first-order valence-electron chi connectivity index (χ1n) is 7.14. The molecule has 0 aliphatic rings. The van der Waals surface area contributed by atoms with E-state index in [-0.39, 0.29) is 11.5 Å². The molecule has 0 bridgehead atoms. The van der Waals surface area contributed by atoms with Crippen molar-refractivity contribution in [3.8, 4) is 0 Å². The highest BCUT2D eigenvalue weighted by atomic mass is 19.2. The average Bonchev–Trinajstić information content (AvgIpc) is 2.48. The maximum absolute atomic E-state index is 13.3. The van der Waals surface area contributed by atoms with Crippen molar-refractivity contribution in [1.82, 2.24) is 5.32 Å². The van der Waals surface area contributed by atoms with Gasteiger partial charge >= 0.3 is 0 Å². The quantitative estimate of drug-likeness (QED) is 0.848. The summed E-state index contributed by atoms with van der Waals surface area (Å²) in [6.45, 7) is 7.02. The second-order valence-electron chi connectivity index (χ2n) is 6.03. The third-order valence-corrected chi connectivity index (χ3v) is 3.85. The van der Waals surface area contributed by atoms with Gasteiger partial charge in [0, 0.05) is 18.0 Å². The Morgan fingerprint density at radius 3 is 2.29 bits per heavy atom. The van der Waals surface area contributed by atoms with Crippen molar-refractivity contribution < 1.29 is 8.78 Å². The lowest BCUT2D eigenvalue weighted by molar-refractivity contribution is 0.433. The molecule has 1 nitrogen and oxygen atoms in total. The molecular weight excluding hydrogens is 268 g/mol. The van der Waals surface area contributed by atoms with Crippen LogP contribution < -0.4 is 5.32 Å². The zero-order valence-electron chi connectivity index (χ0n) is 12.7. The molecule has 0 radical (unpaired) electrons. The van der Waals surface area contributed by atoms with Crippen LogP contribution in [0.5, 0.6) is 0 Å². The Hall–Kier alpha value is -1.74. The third kappa shape index (κ3) is 3.88. The average molecular weight is 289 g/mol. The normalized spacial score (nSPS) is 13.2. The van der Waals surface area contributed by atoms with Gasteiger partial charge in [0.05, 0.1) is 0 Å². The molecule has 0 fully saturated rings. The maximum Gasteiger partial charge on any atom is 0.159 e. The standard InChI is InChI=1S/C18H21F2N/c1-13(14-9-10-16(19)17(20)11-14)21-12-18(2,3)15-7-5-4-6-8-15/h4-11,13,21H,12H2,1-3H3. The molecule has 1 atom stereocenters. The van der Waals surface area contributed by atoms with Crippen LogP contribution >= 0.6 is 0 Å². The first-order valence-corrected chi connectivity index (χ1v) is 7.14.